The Hall–Kier alpha value is -3.40. The number of ether oxygens (including phenoxy) is 1. The summed E-state index contributed by atoms with van der Waals surface area (Å²) in [6.45, 7) is 0.304. The summed E-state index contributed by atoms with van der Waals surface area (Å²) in [6, 6.07) is 26.7. The number of amides is 1. The van der Waals surface area contributed by atoms with Crippen LogP contribution in [0.3, 0.4) is 0 Å². The number of fused-ring (bicyclic) bond motifs is 3. The number of benzene rings is 3. The number of carbonyl (C=O) groups is 2. The Bertz CT molecular complexity index is 1060. The van der Waals surface area contributed by atoms with Gasteiger partial charge >= 0.3 is 6.09 Å². The number of carbonyl (C=O) groups excluding carboxylic acids is 2. The van der Waals surface area contributed by atoms with Gasteiger partial charge in [0.25, 0.3) is 0 Å². The minimum absolute atomic E-state index is 0.0450. The van der Waals surface area contributed by atoms with Crippen molar-refractivity contribution in [2.24, 2.45) is 11.8 Å². The van der Waals surface area contributed by atoms with Crippen molar-refractivity contribution in [3.05, 3.63) is 95.6 Å². The maximum absolute atomic E-state index is 12.8. The first kappa shape index (κ1) is 20.5. The van der Waals surface area contributed by atoms with Crippen LogP contribution in [-0.2, 0) is 16.0 Å². The molecular weight excluding hydrogens is 398 g/mol. The van der Waals surface area contributed by atoms with E-state index >= 15 is 0 Å². The van der Waals surface area contributed by atoms with Gasteiger partial charge in [0.2, 0.25) is 0 Å². The molecule has 4 nitrogen and oxygen atoms in total. The molecule has 3 aromatic carbocycles. The van der Waals surface area contributed by atoms with Gasteiger partial charge in [0.15, 0.2) is 0 Å². The lowest BCUT2D eigenvalue weighted by molar-refractivity contribution is -0.109. The SMILES string of the molecule is O=C[C@H]1C[C@H]1C[C@@H](Cc1ccccc1)NC(=O)OCC1c2ccccc2-c2ccccc21. The molecule has 0 unspecified atom stereocenters. The molecule has 162 valence electrons. The maximum atomic E-state index is 12.8. The molecular formula is C28H27NO3. The first-order valence-electron chi connectivity index (χ1n) is 11.3. The molecule has 0 aromatic heterocycles. The van der Waals surface area contributed by atoms with Crippen molar-refractivity contribution in [1.82, 2.24) is 5.32 Å². The largest absolute Gasteiger partial charge is 0.449 e. The van der Waals surface area contributed by atoms with Gasteiger partial charge in [-0.1, -0.05) is 78.9 Å². The van der Waals surface area contributed by atoms with Crippen LogP contribution in [0.2, 0.25) is 0 Å². The molecule has 3 atom stereocenters. The summed E-state index contributed by atoms with van der Waals surface area (Å²) in [5.41, 5.74) is 6.00. The van der Waals surface area contributed by atoms with Crippen LogP contribution in [0.1, 0.15) is 35.4 Å². The van der Waals surface area contributed by atoms with Crippen LogP contribution in [0.5, 0.6) is 0 Å². The quantitative estimate of drug-likeness (QED) is 0.494. The van der Waals surface area contributed by atoms with Crippen molar-refractivity contribution >= 4 is 12.4 Å². The molecule has 0 radical (unpaired) electrons. The topological polar surface area (TPSA) is 55.4 Å². The van der Waals surface area contributed by atoms with Crippen molar-refractivity contribution in [2.45, 2.75) is 31.2 Å². The minimum Gasteiger partial charge on any atom is -0.449 e. The molecule has 0 aliphatic heterocycles. The van der Waals surface area contributed by atoms with Crippen molar-refractivity contribution in [1.29, 1.82) is 0 Å². The van der Waals surface area contributed by atoms with Crippen LogP contribution in [0.4, 0.5) is 4.79 Å². The zero-order valence-electron chi connectivity index (χ0n) is 17.9. The maximum Gasteiger partial charge on any atom is 0.407 e. The fourth-order valence-electron chi connectivity index (χ4n) is 4.97. The third-order valence-electron chi connectivity index (χ3n) is 6.73. The average molecular weight is 426 g/mol. The number of aldehydes is 1. The lowest BCUT2D eigenvalue weighted by Gasteiger charge is -2.20. The van der Waals surface area contributed by atoms with Gasteiger partial charge in [-0.25, -0.2) is 4.79 Å². The van der Waals surface area contributed by atoms with Crippen molar-refractivity contribution in [2.75, 3.05) is 6.61 Å². The highest BCUT2D eigenvalue weighted by molar-refractivity contribution is 5.79. The molecule has 32 heavy (non-hydrogen) atoms. The Labute approximate surface area is 188 Å². The predicted molar refractivity (Wildman–Crippen MR) is 124 cm³/mol. The van der Waals surface area contributed by atoms with E-state index in [4.69, 9.17) is 4.74 Å². The van der Waals surface area contributed by atoms with E-state index in [0.717, 1.165) is 25.5 Å². The highest BCUT2D eigenvalue weighted by Crippen LogP contribution is 2.44. The average Bonchev–Trinajstić information content (AvgIpc) is 3.50. The van der Waals surface area contributed by atoms with Gasteiger partial charge in [0.05, 0.1) is 0 Å². The summed E-state index contributed by atoms with van der Waals surface area (Å²) in [5.74, 6) is 0.538. The van der Waals surface area contributed by atoms with Gasteiger partial charge in [-0.3, -0.25) is 0 Å². The molecule has 2 aliphatic rings. The fourth-order valence-corrected chi connectivity index (χ4v) is 4.97. The predicted octanol–water partition coefficient (Wildman–Crippen LogP) is 5.36. The van der Waals surface area contributed by atoms with Crippen LogP contribution in [0.15, 0.2) is 78.9 Å². The van der Waals surface area contributed by atoms with Crippen LogP contribution in [0, 0.1) is 11.8 Å². The Balaban J connectivity index is 1.25. The molecule has 2 aliphatic carbocycles. The van der Waals surface area contributed by atoms with Gasteiger partial charge in [-0.15, -0.1) is 0 Å². The standard InChI is InChI=1S/C28H27NO3/c30-17-21-15-20(21)16-22(14-19-8-2-1-3-9-19)29-28(31)32-18-27-25-12-6-4-10-23(25)24-11-5-7-13-26(24)27/h1-13,17,20-22,27H,14-16,18H2,(H,29,31)/t20-,21+,22+/m0/s1. The normalized spacial score (nSPS) is 19.5. The lowest BCUT2D eigenvalue weighted by Crippen LogP contribution is -2.38. The van der Waals surface area contributed by atoms with E-state index in [2.05, 4.69) is 41.7 Å². The van der Waals surface area contributed by atoms with E-state index in [1.807, 2.05) is 42.5 Å². The summed E-state index contributed by atoms with van der Waals surface area (Å²) in [6.07, 6.45) is 3.09. The highest BCUT2D eigenvalue weighted by Gasteiger charge is 2.38. The highest BCUT2D eigenvalue weighted by atomic mass is 16.5. The monoisotopic (exact) mass is 425 g/mol. The third kappa shape index (κ3) is 4.31. The molecule has 1 N–H and O–H groups in total. The molecule has 0 bridgehead atoms. The summed E-state index contributed by atoms with van der Waals surface area (Å²) in [7, 11) is 0. The molecule has 1 saturated carbocycles. The minimum atomic E-state index is -0.393. The van der Waals surface area contributed by atoms with Gasteiger partial charge in [-0.2, -0.15) is 0 Å². The number of alkyl carbamates (subject to hydrolysis) is 1. The zero-order chi connectivity index (χ0) is 21.9. The lowest BCUT2D eigenvalue weighted by atomic mass is 9.98. The van der Waals surface area contributed by atoms with Crippen molar-refractivity contribution < 1.29 is 14.3 Å². The van der Waals surface area contributed by atoms with E-state index in [9.17, 15) is 9.59 Å². The van der Waals surface area contributed by atoms with E-state index < -0.39 is 6.09 Å². The summed E-state index contributed by atoms with van der Waals surface area (Å²) < 4.78 is 5.74. The Morgan fingerprint density at radius 3 is 2.19 bits per heavy atom. The van der Waals surface area contributed by atoms with Crippen LogP contribution in [-0.4, -0.2) is 25.0 Å². The van der Waals surface area contributed by atoms with E-state index in [-0.39, 0.29) is 17.9 Å². The van der Waals surface area contributed by atoms with Crippen molar-refractivity contribution in [3.8, 4) is 11.1 Å². The summed E-state index contributed by atoms with van der Waals surface area (Å²) in [5, 5.41) is 3.08. The molecule has 4 heteroatoms. The first-order chi connectivity index (χ1) is 15.7. The second kappa shape index (κ2) is 8.99. The molecule has 0 saturated heterocycles. The first-order valence-corrected chi connectivity index (χ1v) is 11.3. The number of rotatable bonds is 8. The van der Waals surface area contributed by atoms with Gasteiger partial charge in [-0.05, 0) is 53.0 Å². The molecule has 5 rings (SSSR count). The second-order valence-corrected chi connectivity index (χ2v) is 8.89. The zero-order valence-corrected chi connectivity index (χ0v) is 17.9. The summed E-state index contributed by atoms with van der Waals surface area (Å²) >= 11 is 0. The van der Waals surface area contributed by atoms with Gasteiger partial charge in [0, 0.05) is 17.9 Å². The second-order valence-electron chi connectivity index (χ2n) is 8.89. The Morgan fingerprint density at radius 1 is 0.938 bits per heavy atom. The third-order valence-corrected chi connectivity index (χ3v) is 6.73. The van der Waals surface area contributed by atoms with Crippen LogP contribution < -0.4 is 5.32 Å². The van der Waals surface area contributed by atoms with Gasteiger partial charge in [0.1, 0.15) is 12.9 Å². The number of hydrogen-bond donors (Lipinski definition) is 1. The molecule has 1 amide bonds. The van der Waals surface area contributed by atoms with Gasteiger partial charge < -0.3 is 14.8 Å². The molecule has 0 heterocycles. The number of hydrogen-bond acceptors (Lipinski definition) is 3. The number of nitrogens with one attached hydrogen (secondary N) is 1. The van der Waals surface area contributed by atoms with E-state index in [1.54, 1.807) is 0 Å². The molecule has 3 aromatic rings. The van der Waals surface area contributed by atoms with Crippen LogP contribution >= 0.6 is 0 Å². The van der Waals surface area contributed by atoms with E-state index in [0.29, 0.717) is 12.5 Å². The Morgan fingerprint density at radius 2 is 1.56 bits per heavy atom. The summed E-state index contributed by atoms with van der Waals surface area (Å²) in [4.78, 5) is 23.9. The smallest absolute Gasteiger partial charge is 0.407 e. The molecule has 0 spiro atoms. The molecule has 1 fully saturated rings. The van der Waals surface area contributed by atoms with Crippen LogP contribution in [0.25, 0.3) is 11.1 Å². The Kier molecular flexibility index (Phi) is 5.76. The van der Waals surface area contributed by atoms with E-state index in [1.165, 1.54) is 27.8 Å². The van der Waals surface area contributed by atoms with Crippen molar-refractivity contribution in [3.63, 3.8) is 0 Å². The fraction of sp³-hybridized carbons (Fsp3) is 0.286.